The molecule has 0 amide bonds. The van der Waals surface area contributed by atoms with E-state index in [0.29, 0.717) is 6.10 Å². The lowest BCUT2D eigenvalue weighted by molar-refractivity contribution is 0.111. The molecule has 3 heteroatoms. The van der Waals surface area contributed by atoms with Crippen LogP contribution < -0.4 is 0 Å². The maximum absolute atomic E-state index is 5.27. The average molecular weight is 236 g/mol. The number of aryl methyl sites for hydroxylation is 1. The van der Waals surface area contributed by atoms with E-state index in [9.17, 15) is 0 Å². The van der Waals surface area contributed by atoms with Gasteiger partial charge in [0.25, 0.3) is 0 Å². The van der Waals surface area contributed by atoms with Crippen molar-refractivity contribution in [3.8, 4) is 0 Å². The number of nitrogens with zero attached hydrogens (tertiary/aromatic N) is 1. The van der Waals surface area contributed by atoms with Gasteiger partial charge in [-0.15, -0.1) is 0 Å². The smallest absolute Gasteiger partial charge is 0.106 e. The minimum atomic E-state index is 0.315. The van der Waals surface area contributed by atoms with Crippen LogP contribution in [0.1, 0.15) is 44.4 Å². The van der Waals surface area contributed by atoms with Gasteiger partial charge in [-0.25, -0.2) is 4.98 Å². The van der Waals surface area contributed by atoms with Crippen molar-refractivity contribution >= 4 is 0 Å². The summed E-state index contributed by atoms with van der Waals surface area (Å²) in [5.74, 6) is 2.67. The summed E-state index contributed by atoms with van der Waals surface area (Å²) in [6.07, 6.45) is 4.63. The van der Waals surface area contributed by atoms with Crippen LogP contribution in [0.25, 0.3) is 0 Å². The van der Waals surface area contributed by atoms with Gasteiger partial charge in [0, 0.05) is 19.2 Å². The molecule has 3 unspecified atom stereocenters. The summed E-state index contributed by atoms with van der Waals surface area (Å²) in [6, 6.07) is 0. The minimum absolute atomic E-state index is 0.315. The minimum Gasteiger partial charge on any atom is -0.382 e. The molecule has 2 rings (SSSR count). The second kappa shape index (κ2) is 5.21. The fraction of sp³-hybridized carbons (Fsp3) is 0.786. The van der Waals surface area contributed by atoms with Gasteiger partial charge in [-0.1, -0.05) is 13.8 Å². The first-order valence-electron chi connectivity index (χ1n) is 6.69. The number of rotatable bonds is 4. The molecule has 0 saturated carbocycles. The van der Waals surface area contributed by atoms with Gasteiger partial charge in [-0.05, 0) is 38.0 Å². The molecule has 3 nitrogen and oxygen atoms in total. The van der Waals surface area contributed by atoms with Crippen LogP contribution in [0.5, 0.6) is 0 Å². The van der Waals surface area contributed by atoms with Crippen molar-refractivity contribution in [2.45, 2.75) is 52.6 Å². The van der Waals surface area contributed by atoms with E-state index in [4.69, 9.17) is 9.72 Å². The van der Waals surface area contributed by atoms with Crippen molar-refractivity contribution < 1.29 is 4.74 Å². The molecule has 0 bridgehead atoms. The highest BCUT2D eigenvalue weighted by Gasteiger charge is 2.24. The number of H-pyrrole nitrogens is 1. The Morgan fingerprint density at radius 1 is 1.35 bits per heavy atom. The lowest BCUT2D eigenvalue weighted by Crippen LogP contribution is -2.20. The third-order valence-corrected chi connectivity index (χ3v) is 4.12. The number of ether oxygens (including phenoxy) is 1. The van der Waals surface area contributed by atoms with Crippen LogP contribution in [-0.4, -0.2) is 23.2 Å². The van der Waals surface area contributed by atoms with Crippen LogP contribution in [0.3, 0.4) is 0 Å². The van der Waals surface area contributed by atoms with E-state index >= 15 is 0 Å². The fourth-order valence-electron chi connectivity index (χ4n) is 2.45. The van der Waals surface area contributed by atoms with Crippen molar-refractivity contribution in [1.29, 1.82) is 0 Å². The highest BCUT2D eigenvalue weighted by molar-refractivity contribution is 5.19. The van der Waals surface area contributed by atoms with Gasteiger partial charge in [0.15, 0.2) is 0 Å². The SMILES string of the molecule is COC(C)CCc1nc2c([nH]1)CC(C)C(C)C2. The Morgan fingerprint density at radius 3 is 2.76 bits per heavy atom. The van der Waals surface area contributed by atoms with Gasteiger partial charge >= 0.3 is 0 Å². The highest BCUT2D eigenvalue weighted by atomic mass is 16.5. The summed E-state index contributed by atoms with van der Waals surface area (Å²) in [6.45, 7) is 6.77. The van der Waals surface area contributed by atoms with Crippen molar-refractivity contribution in [3.05, 3.63) is 17.2 Å². The Hall–Kier alpha value is -0.830. The van der Waals surface area contributed by atoms with Gasteiger partial charge in [0.1, 0.15) is 5.82 Å². The summed E-state index contributed by atoms with van der Waals surface area (Å²) in [5.41, 5.74) is 2.67. The van der Waals surface area contributed by atoms with E-state index in [0.717, 1.165) is 43.3 Å². The van der Waals surface area contributed by atoms with Gasteiger partial charge in [-0.2, -0.15) is 0 Å². The maximum atomic E-state index is 5.27. The van der Waals surface area contributed by atoms with E-state index in [1.54, 1.807) is 7.11 Å². The van der Waals surface area contributed by atoms with Gasteiger partial charge < -0.3 is 9.72 Å². The standard InChI is InChI=1S/C14H24N2O/c1-9-7-12-13(8-10(9)2)16-14(15-12)6-5-11(3)17-4/h9-11H,5-8H2,1-4H3,(H,15,16). The highest BCUT2D eigenvalue weighted by Crippen LogP contribution is 2.28. The number of nitrogens with one attached hydrogen (secondary N) is 1. The number of fused-ring (bicyclic) bond motifs is 1. The van der Waals surface area contributed by atoms with Crippen molar-refractivity contribution in [1.82, 2.24) is 9.97 Å². The van der Waals surface area contributed by atoms with Crippen LogP contribution in [0, 0.1) is 11.8 Å². The van der Waals surface area contributed by atoms with Crippen LogP contribution in [0.4, 0.5) is 0 Å². The van der Waals surface area contributed by atoms with E-state index in [1.807, 2.05) is 0 Å². The molecule has 1 N–H and O–H groups in total. The summed E-state index contributed by atoms with van der Waals surface area (Å²) < 4.78 is 5.27. The normalized spacial score (nSPS) is 25.6. The first kappa shape index (κ1) is 12.6. The molecule has 1 aliphatic carbocycles. The molecule has 96 valence electrons. The molecule has 1 aromatic rings. The Balaban J connectivity index is 2.00. The largest absolute Gasteiger partial charge is 0.382 e. The van der Waals surface area contributed by atoms with Crippen LogP contribution in [0.2, 0.25) is 0 Å². The average Bonchev–Trinajstić information content (AvgIpc) is 2.68. The third kappa shape index (κ3) is 2.89. The zero-order chi connectivity index (χ0) is 12.4. The Labute approximate surface area is 104 Å². The van der Waals surface area contributed by atoms with Gasteiger partial charge in [-0.3, -0.25) is 0 Å². The monoisotopic (exact) mass is 236 g/mol. The zero-order valence-corrected chi connectivity index (χ0v) is 11.4. The first-order valence-corrected chi connectivity index (χ1v) is 6.69. The Morgan fingerprint density at radius 2 is 2.06 bits per heavy atom. The van der Waals surface area contributed by atoms with E-state index in [1.165, 1.54) is 11.4 Å². The predicted octanol–water partition coefficient (Wildman–Crippen LogP) is 2.75. The van der Waals surface area contributed by atoms with Crippen molar-refractivity contribution in [2.24, 2.45) is 11.8 Å². The molecule has 1 heterocycles. The topological polar surface area (TPSA) is 37.9 Å². The molecular weight excluding hydrogens is 212 g/mol. The van der Waals surface area contributed by atoms with Crippen LogP contribution in [-0.2, 0) is 24.0 Å². The molecule has 0 fully saturated rings. The maximum Gasteiger partial charge on any atom is 0.106 e. The van der Waals surface area contributed by atoms with Crippen molar-refractivity contribution in [2.75, 3.05) is 7.11 Å². The fourth-order valence-corrected chi connectivity index (χ4v) is 2.45. The number of aromatic nitrogens is 2. The molecule has 0 aromatic carbocycles. The van der Waals surface area contributed by atoms with Gasteiger partial charge in [0.05, 0.1) is 11.8 Å². The van der Waals surface area contributed by atoms with Gasteiger partial charge in [0.2, 0.25) is 0 Å². The predicted molar refractivity (Wildman–Crippen MR) is 69.1 cm³/mol. The summed E-state index contributed by atoms with van der Waals surface area (Å²) in [7, 11) is 1.77. The van der Waals surface area contributed by atoms with E-state index in [2.05, 4.69) is 25.8 Å². The number of hydrogen-bond donors (Lipinski definition) is 1. The number of hydrogen-bond acceptors (Lipinski definition) is 2. The molecule has 3 atom stereocenters. The van der Waals surface area contributed by atoms with Crippen LogP contribution in [0.15, 0.2) is 0 Å². The Kier molecular flexibility index (Phi) is 3.87. The number of aromatic amines is 1. The van der Waals surface area contributed by atoms with Crippen molar-refractivity contribution in [3.63, 3.8) is 0 Å². The second-order valence-electron chi connectivity index (χ2n) is 5.56. The summed E-state index contributed by atoms with van der Waals surface area (Å²) >= 11 is 0. The molecule has 0 spiro atoms. The lowest BCUT2D eigenvalue weighted by Gasteiger charge is -2.24. The number of methoxy groups -OCH3 is 1. The third-order valence-electron chi connectivity index (χ3n) is 4.12. The molecule has 17 heavy (non-hydrogen) atoms. The van der Waals surface area contributed by atoms with E-state index < -0.39 is 0 Å². The molecule has 0 aliphatic heterocycles. The lowest BCUT2D eigenvalue weighted by atomic mass is 9.82. The van der Waals surface area contributed by atoms with Crippen LogP contribution >= 0.6 is 0 Å². The summed E-state index contributed by atoms with van der Waals surface area (Å²) in [5, 5.41) is 0. The molecule has 1 aliphatic rings. The quantitative estimate of drug-likeness (QED) is 0.873. The second-order valence-corrected chi connectivity index (χ2v) is 5.56. The molecular formula is C14H24N2O. The molecule has 0 radical (unpaired) electrons. The van der Waals surface area contributed by atoms with E-state index in [-0.39, 0.29) is 0 Å². The zero-order valence-electron chi connectivity index (χ0n) is 11.4. The first-order chi connectivity index (χ1) is 8.10. The molecule has 0 saturated heterocycles. The number of imidazole rings is 1. The Bertz CT molecular complexity index is 345. The molecule has 1 aromatic heterocycles. The summed E-state index contributed by atoms with van der Waals surface area (Å²) in [4.78, 5) is 8.23.